The van der Waals surface area contributed by atoms with E-state index >= 15 is 0 Å². The van der Waals surface area contributed by atoms with Gasteiger partial charge in [-0.1, -0.05) is 17.7 Å². The lowest BCUT2D eigenvalue weighted by Gasteiger charge is -2.02. The summed E-state index contributed by atoms with van der Waals surface area (Å²) >= 11 is 0. The molecule has 0 aliphatic carbocycles. The van der Waals surface area contributed by atoms with Crippen LogP contribution in [0.4, 0.5) is 0 Å². The van der Waals surface area contributed by atoms with E-state index in [1.807, 2.05) is 32.0 Å². The number of aromatic nitrogens is 1. The maximum absolute atomic E-state index is 10.7. The fraction of sp³-hybridized carbons (Fsp3) is 0.286. The highest BCUT2D eigenvalue weighted by molar-refractivity contribution is 5.70. The number of nitrogens with zero attached hydrogens (tertiary/aromatic N) is 1. The molecule has 0 atom stereocenters. The lowest BCUT2D eigenvalue weighted by Crippen LogP contribution is -1.99. The molecule has 0 unspecified atom stereocenters. The largest absolute Gasteiger partial charge is 0.481 e. The Morgan fingerprint density at radius 2 is 2.06 bits per heavy atom. The predicted molar refractivity (Wildman–Crippen MR) is 67.5 cm³/mol. The summed E-state index contributed by atoms with van der Waals surface area (Å²) in [6.45, 7) is 5.76. The minimum atomic E-state index is -0.915. The van der Waals surface area contributed by atoms with Gasteiger partial charge in [-0.3, -0.25) is 4.79 Å². The third-order valence-corrected chi connectivity index (χ3v) is 2.82. The number of carboxylic acids is 1. The van der Waals surface area contributed by atoms with Gasteiger partial charge in [0.2, 0.25) is 5.89 Å². The van der Waals surface area contributed by atoms with Crippen LogP contribution in [-0.4, -0.2) is 16.1 Å². The minimum Gasteiger partial charge on any atom is -0.481 e. The molecule has 18 heavy (non-hydrogen) atoms. The number of aryl methyl sites for hydroxylation is 3. The van der Waals surface area contributed by atoms with Crippen molar-refractivity contribution in [3.63, 3.8) is 0 Å². The first-order chi connectivity index (χ1) is 8.47. The van der Waals surface area contributed by atoms with Crippen molar-refractivity contribution in [1.29, 1.82) is 0 Å². The quantitative estimate of drug-likeness (QED) is 0.903. The van der Waals surface area contributed by atoms with Gasteiger partial charge >= 0.3 is 5.97 Å². The van der Waals surface area contributed by atoms with Crippen molar-refractivity contribution in [2.45, 2.75) is 27.2 Å². The Hall–Kier alpha value is -2.10. The molecule has 4 nitrogen and oxygen atoms in total. The highest BCUT2D eigenvalue weighted by Crippen LogP contribution is 2.25. The van der Waals surface area contributed by atoms with Crippen molar-refractivity contribution in [2.75, 3.05) is 0 Å². The molecule has 0 aliphatic heterocycles. The minimum absolute atomic E-state index is 0.135. The van der Waals surface area contributed by atoms with Crippen LogP contribution in [0.25, 0.3) is 11.5 Å². The number of aliphatic carboxylic acids is 1. The average Bonchev–Trinajstić information content (AvgIpc) is 2.59. The van der Waals surface area contributed by atoms with Crippen molar-refractivity contribution < 1.29 is 14.3 Å². The molecule has 0 amide bonds. The zero-order chi connectivity index (χ0) is 13.3. The highest BCUT2D eigenvalue weighted by atomic mass is 16.4. The number of benzene rings is 1. The normalized spacial score (nSPS) is 10.6. The molecule has 94 valence electrons. The molecule has 1 aromatic heterocycles. The van der Waals surface area contributed by atoms with E-state index in [0.717, 1.165) is 11.1 Å². The highest BCUT2D eigenvalue weighted by Gasteiger charge is 2.15. The first-order valence-corrected chi connectivity index (χ1v) is 5.73. The molecule has 0 spiro atoms. The molecule has 0 radical (unpaired) electrons. The van der Waals surface area contributed by atoms with Crippen LogP contribution in [0.15, 0.2) is 22.6 Å². The van der Waals surface area contributed by atoms with Gasteiger partial charge in [0.05, 0.1) is 5.69 Å². The summed E-state index contributed by atoms with van der Waals surface area (Å²) in [5.41, 5.74) is 3.77. The topological polar surface area (TPSA) is 63.3 Å². The van der Waals surface area contributed by atoms with Gasteiger partial charge in [-0.05, 0) is 32.4 Å². The van der Waals surface area contributed by atoms with Gasteiger partial charge in [0.25, 0.3) is 0 Å². The van der Waals surface area contributed by atoms with Crippen LogP contribution >= 0.6 is 0 Å². The molecule has 2 aromatic rings. The standard InChI is InChI=1S/C14H15NO3/c1-8-4-5-11(9(2)6-8)14-15-10(3)12(18-14)7-13(16)17/h4-6H,7H2,1-3H3,(H,16,17). The number of rotatable bonds is 3. The molecule has 2 rings (SSSR count). The van der Waals surface area contributed by atoms with E-state index in [1.54, 1.807) is 6.92 Å². The molecule has 4 heteroatoms. The lowest BCUT2D eigenvalue weighted by molar-refractivity contribution is -0.136. The van der Waals surface area contributed by atoms with Crippen LogP contribution in [0.2, 0.25) is 0 Å². The van der Waals surface area contributed by atoms with Gasteiger partial charge < -0.3 is 9.52 Å². The van der Waals surface area contributed by atoms with E-state index in [0.29, 0.717) is 17.3 Å². The molecule has 1 N–H and O–H groups in total. The maximum atomic E-state index is 10.7. The van der Waals surface area contributed by atoms with Gasteiger partial charge in [-0.25, -0.2) is 4.98 Å². The summed E-state index contributed by atoms with van der Waals surface area (Å²) in [5, 5.41) is 8.77. The first-order valence-electron chi connectivity index (χ1n) is 5.73. The smallest absolute Gasteiger partial charge is 0.311 e. The molecular formula is C14H15NO3. The predicted octanol–water partition coefficient (Wildman–Crippen LogP) is 2.89. The van der Waals surface area contributed by atoms with Gasteiger partial charge in [-0.2, -0.15) is 0 Å². The van der Waals surface area contributed by atoms with E-state index in [2.05, 4.69) is 4.98 Å². The molecule has 0 fully saturated rings. The van der Waals surface area contributed by atoms with Crippen molar-refractivity contribution in [3.8, 4) is 11.5 Å². The number of hydrogen-bond acceptors (Lipinski definition) is 3. The Balaban J connectivity index is 2.42. The van der Waals surface area contributed by atoms with Crippen LogP contribution in [0.1, 0.15) is 22.6 Å². The summed E-state index contributed by atoms with van der Waals surface area (Å²) in [7, 11) is 0. The second-order valence-electron chi connectivity index (χ2n) is 4.42. The van der Waals surface area contributed by atoms with Crippen molar-refractivity contribution in [2.24, 2.45) is 0 Å². The van der Waals surface area contributed by atoms with Crippen LogP contribution in [-0.2, 0) is 11.2 Å². The average molecular weight is 245 g/mol. The zero-order valence-corrected chi connectivity index (χ0v) is 10.7. The van der Waals surface area contributed by atoms with Crippen LogP contribution in [0, 0.1) is 20.8 Å². The Labute approximate surface area is 105 Å². The Morgan fingerprint density at radius 1 is 1.33 bits per heavy atom. The van der Waals surface area contributed by atoms with E-state index in [9.17, 15) is 4.79 Å². The number of hydrogen-bond donors (Lipinski definition) is 1. The van der Waals surface area contributed by atoms with E-state index in [-0.39, 0.29) is 6.42 Å². The summed E-state index contributed by atoms with van der Waals surface area (Å²) in [4.78, 5) is 15.0. The van der Waals surface area contributed by atoms with Gasteiger partial charge in [0.15, 0.2) is 0 Å². The maximum Gasteiger partial charge on any atom is 0.311 e. The summed E-state index contributed by atoms with van der Waals surface area (Å²) in [5.74, 6) is -0.0137. The third kappa shape index (κ3) is 2.42. The summed E-state index contributed by atoms with van der Waals surface area (Å²) in [6.07, 6.45) is -0.135. The van der Waals surface area contributed by atoms with Crippen molar-refractivity contribution in [3.05, 3.63) is 40.8 Å². The van der Waals surface area contributed by atoms with Gasteiger partial charge in [-0.15, -0.1) is 0 Å². The molecule has 0 saturated heterocycles. The number of carboxylic acid groups (broad SMARTS) is 1. The molecule has 0 saturated carbocycles. The van der Waals surface area contributed by atoms with Crippen LogP contribution in [0.3, 0.4) is 0 Å². The van der Waals surface area contributed by atoms with E-state index in [1.165, 1.54) is 5.56 Å². The van der Waals surface area contributed by atoms with Crippen molar-refractivity contribution >= 4 is 5.97 Å². The summed E-state index contributed by atoms with van der Waals surface area (Å²) in [6, 6.07) is 5.98. The monoisotopic (exact) mass is 245 g/mol. The van der Waals surface area contributed by atoms with E-state index in [4.69, 9.17) is 9.52 Å². The SMILES string of the molecule is Cc1ccc(-c2nc(C)c(CC(=O)O)o2)c(C)c1. The van der Waals surface area contributed by atoms with Crippen LogP contribution < -0.4 is 0 Å². The second kappa shape index (κ2) is 4.64. The van der Waals surface area contributed by atoms with Gasteiger partial charge in [0.1, 0.15) is 12.2 Å². The zero-order valence-electron chi connectivity index (χ0n) is 10.7. The fourth-order valence-electron chi connectivity index (χ4n) is 1.90. The number of carbonyl (C=O) groups is 1. The van der Waals surface area contributed by atoms with Crippen LogP contribution in [0.5, 0.6) is 0 Å². The van der Waals surface area contributed by atoms with Crippen molar-refractivity contribution in [1.82, 2.24) is 4.98 Å². The Morgan fingerprint density at radius 3 is 2.67 bits per heavy atom. The third-order valence-electron chi connectivity index (χ3n) is 2.82. The van der Waals surface area contributed by atoms with E-state index < -0.39 is 5.97 Å². The molecule has 1 heterocycles. The molecule has 1 aromatic carbocycles. The summed E-state index contributed by atoms with van der Waals surface area (Å²) < 4.78 is 5.54. The number of oxazole rings is 1. The first kappa shape index (κ1) is 12.4. The Kier molecular flexibility index (Phi) is 3.19. The molecular weight excluding hydrogens is 230 g/mol. The van der Waals surface area contributed by atoms with Gasteiger partial charge in [0, 0.05) is 5.56 Å². The lowest BCUT2D eigenvalue weighted by atomic mass is 10.1. The molecule has 0 aliphatic rings. The molecule has 0 bridgehead atoms. The Bertz CT molecular complexity index is 599. The fourth-order valence-corrected chi connectivity index (χ4v) is 1.90. The second-order valence-corrected chi connectivity index (χ2v) is 4.42.